The molecule has 1 N–H and O–H groups in total. The number of aromatic nitrogens is 3. The molecule has 1 aromatic carbocycles. The molecule has 10 heteroatoms. The van der Waals surface area contributed by atoms with Gasteiger partial charge in [0.05, 0.1) is 16.8 Å². The van der Waals surface area contributed by atoms with Crippen LogP contribution in [0.5, 0.6) is 0 Å². The van der Waals surface area contributed by atoms with Crippen LogP contribution in [0, 0.1) is 6.92 Å². The summed E-state index contributed by atoms with van der Waals surface area (Å²) in [6.45, 7) is 1.76. The third kappa shape index (κ3) is 4.34. The van der Waals surface area contributed by atoms with Crippen LogP contribution in [0.3, 0.4) is 0 Å². The van der Waals surface area contributed by atoms with Gasteiger partial charge in [-0.25, -0.2) is 13.4 Å². The van der Waals surface area contributed by atoms with Gasteiger partial charge in [0.15, 0.2) is 5.89 Å². The number of benzene rings is 1. The number of carbonyl (C=O) groups excluding carboxylic acids is 1. The fourth-order valence-electron chi connectivity index (χ4n) is 2.30. The number of nitrogens with one attached hydrogen (secondary N) is 1. The van der Waals surface area contributed by atoms with Crippen molar-refractivity contribution in [3.05, 3.63) is 48.8 Å². The van der Waals surface area contributed by atoms with Crippen LogP contribution in [-0.2, 0) is 21.4 Å². The molecule has 142 valence electrons. The van der Waals surface area contributed by atoms with Crippen molar-refractivity contribution in [2.75, 3.05) is 18.8 Å². The van der Waals surface area contributed by atoms with E-state index in [2.05, 4.69) is 14.8 Å². The molecular formula is C17H19N5O4S. The van der Waals surface area contributed by atoms with Crippen LogP contribution in [0.4, 0.5) is 5.69 Å². The first-order valence-corrected chi connectivity index (χ1v) is 9.51. The van der Waals surface area contributed by atoms with Gasteiger partial charge in [0.2, 0.25) is 5.91 Å². The van der Waals surface area contributed by atoms with Gasteiger partial charge in [0, 0.05) is 32.8 Å². The standard InChI is InChI=1S/C17H19N5O4S/c1-12-19-16(11-26-12)13-4-6-15(7-5-13)27(24,25)20-14-8-18-22(9-14)10-17(23)21(2)3/h4-9,11,20H,10H2,1-3H3. The second-order valence-corrected chi connectivity index (χ2v) is 7.78. The summed E-state index contributed by atoms with van der Waals surface area (Å²) in [6.07, 6.45) is 4.33. The van der Waals surface area contributed by atoms with Crippen LogP contribution in [0.15, 0.2) is 52.2 Å². The zero-order valence-corrected chi connectivity index (χ0v) is 15.9. The highest BCUT2D eigenvalue weighted by Crippen LogP contribution is 2.22. The van der Waals surface area contributed by atoms with Crippen molar-refractivity contribution in [3.8, 4) is 11.3 Å². The summed E-state index contributed by atoms with van der Waals surface area (Å²) in [5.74, 6) is 0.388. The Labute approximate surface area is 156 Å². The Balaban J connectivity index is 1.73. The van der Waals surface area contributed by atoms with Crippen molar-refractivity contribution in [3.63, 3.8) is 0 Å². The maximum atomic E-state index is 12.5. The molecule has 2 aromatic heterocycles. The topological polar surface area (TPSA) is 110 Å². The molecule has 0 saturated heterocycles. The number of nitrogens with zero attached hydrogens (tertiary/aromatic N) is 4. The lowest BCUT2D eigenvalue weighted by Gasteiger charge is -2.09. The lowest BCUT2D eigenvalue weighted by Crippen LogP contribution is -2.26. The Hall–Kier alpha value is -3.14. The van der Waals surface area contributed by atoms with Crippen LogP contribution in [0.25, 0.3) is 11.3 Å². The van der Waals surface area contributed by atoms with Gasteiger partial charge >= 0.3 is 0 Å². The normalized spacial score (nSPS) is 11.4. The third-order valence-electron chi connectivity index (χ3n) is 3.76. The molecule has 3 rings (SSSR count). The second-order valence-electron chi connectivity index (χ2n) is 6.10. The molecule has 0 saturated carbocycles. The van der Waals surface area contributed by atoms with Crippen LogP contribution in [-0.4, -0.2) is 48.1 Å². The number of carbonyl (C=O) groups is 1. The number of sulfonamides is 1. The quantitative estimate of drug-likeness (QED) is 0.687. The largest absolute Gasteiger partial charge is 0.449 e. The number of anilines is 1. The van der Waals surface area contributed by atoms with Gasteiger partial charge in [0.25, 0.3) is 10.0 Å². The molecule has 1 amide bonds. The first kappa shape index (κ1) is 18.6. The minimum Gasteiger partial charge on any atom is -0.449 e. The molecule has 0 fully saturated rings. The highest BCUT2D eigenvalue weighted by atomic mass is 32.2. The minimum absolute atomic E-state index is 0.0283. The van der Waals surface area contributed by atoms with Crippen LogP contribution in [0.2, 0.25) is 0 Å². The fourth-order valence-corrected chi connectivity index (χ4v) is 3.33. The minimum atomic E-state index is -3.78. The number of likely N-dealkylation sites (N-methyl/N-ethyl adjacent to an activating group) is 1. The number of rotatable bonds is 6. The predicted octanol–water partition coefficient (Wildman–Crippen LogP) is 1.74. The van der Waals surface area contributed by atoms with Crippen LogP contribution in [0.1, 0.15) is 5.89 Å². The molecular weight excluding hydrogens is 370 g/mol. The molecule has 3 aromatic rings. The summed E-state index contributed by atoms with van der Waals surface area (Å²) < 4.78 is 34.1. The summed E-state index contributed by atoms with van der Waals surface area (Å²) >= 11 is 0. The molecule has 2 heterocycles. The highest BCUT2D eigenvalue weighted by Gasteiger charge is 2.16. The highest BCUT2D eigenvalue weighted by molar-refractivity contribution is 7.92. The maximum absolute atomic E-state index is 12.5. The Kier molecular flexibility index (Phi) is 5.00. The van der Waals surface area contributed by atoms with Crippen molar-refractivity contribution in [1.29, 1.82) is 0 Å². The molecule has 0 unspecified atom stereocenters. The zero-order valence-electron chi connectivity index (χ0n) is 15.1. The van der Waals surface area contributed by atoms with Gasteiger partial charge in [-0.2, -0.15) is 5.10 Å². The molecule has 9 nitrogen and oxygen atoms in total. The smallest absolute Gasteiger partial charge is 0.261 e. The van der Waals surface area contributed by atoms with E-state index in [0.29, 0.717) is 11.6 Å². The molecule has 0 spiro atoms. The van der Waals surface area contributed by atoms with E-state index in [1.807, 2.05) is 0 Å². The van der Waals surface area contributed by atoms with E-state index in [9.17, 15) is 13.2 Å². The Morgan fingerprint density at radius 3 is 2.56 bits per heavy atom. The second kappa shape index (κ2) is 7.23. The van der Waals surface area contributed by atoms with Crippen molar-refractivity contribution in [2.45, 2.75) is 18.4 Å². The molecule has 0 atom stereocenters. The van der Waals surface area contributed by atoms with E-state index in [-0.39, 0.29) is 23.0 Å². The summed E-state index contributed by atoms with van der Waals surface area (Å²) in [5, 5.41) is 4.00. The van der Waals surface area contributed by atoms with E-state index < -0.39 is 10.0 Å². The average Bonchev–Trinajstić information content (AvgIpc) is 3.23. The van der Waals surface area contributed by atoms with Gasteiger partial charge in [-0.1, -0.05) is 12.1 Å². The van der Waals surface area contributed by atoms with E-state index in [0.717, 1.165) is 5.56 Å². The summed E-state index contributed by atoms with van der Waals surface area (Å²) in [4.78, 5) is 17.4. The van der Waals surface area contributed by atoms with Crippen molar-refractivity contribution < 1.29 is 17.6 Å². The monoisotopic (exact) mass is 389 g/mol. The number of amides is 1. The van der Waals surface area contributed by atoms with E-state index in [1.165, 1.54) is 40.4 Å². The summed E-state index contributed by atoms with van der Waals surface area (Å²) in [6, 6.07) is 6.29. The lowest BCUT2D eigenvalue weighted by atomic mass is 10.2. The molecule has 0 radical (unpaired) electrons. The summed E-state index contributed by atoms with van der Waals surface area (Å²) in [7, 11) is -0.504. The van der Waals surface area contributed by atoms with Gasteiger partial charge in [-0.15, -0.1) is 0 Å². The average molecular weight is 389 g/mol. The first-order valence-electron chi connectivity index (χ1n) is 8.02. The van der Waals surface area contributed by atoms with E-state index in [1.54, 1.807) is 33.2 Å². The lowest BCUT2D eigenvalue weighted by molar-refractivity contribution is -0.129. The number of hydrogen-bond donors (Lipinski definition) is 1. The zero-order chi connectivity index (χ0) is 19.6. The SMILES string of the molecule is Cc1nc(-c2ccc(S(=O)(=O)Nc3cnn(CC(=O)N(C)C)c3)cc2)co1. The number of aryl methyl sites for hydroxylation is 1. The van der Waals surface area contributed by atoms with Crippen LogP contribution >= 0.6 is 0 Å². The van der Waals surface area contributed by atoms with Crippen LogP contribution < -0.4 is 4.72 Å². The molecule has 0 bridgehead atoms. The van der Waals surface area contributed by atoms with Gasteiger partial charge in [-0.3, -0.25) is 14.2 Å². The number of oxazole rings is 1. The van der Waals surface area contributed by atoms with Gasteiger partial charge in [0.1, 0.15) is 18.5 Å². The maximum Gasteiger partial charge on any atom is 0.261 e. The Bertz CT molecular complexity index is 1050. The fraction of sp³-hybridized carbons (Fsp3) is 0.235. The Morgan fingerprint density at radius 2 is 1.96 bits per heavy atom. The summed E-state index contributed by atoms with van der Waals surface area (Å²) in [5.41, 5.74) is 1.66. The van der Waals surface area contributed by atoms with Gasteiger partial charge in [-0.05, 0) is 12.1 Å². The van der Waals surface area contributed by atoms with Gasteiger partial charge < -0.3 is 9.32 Å². The van der Waals surface area contributed by atoms with Crippen molar-refractivity contribution in [1.82, 2.24) is 19.7 Å². The molecule has 0 aliphatic heterocycles. The van der Waals surface area contributed by atoms with Crippen molar-refractivity contribution >= 4 is 21.6 Å². The molecule has 0 aliphatic rings. The van der Waals surface area contributed by atoms with E-state index in [4.69, 9.17) is 4.42 Å². The third-order valence-corrected chi connectivity index (χ3v) is 5.16. The van der Waals surface area contributed by atoms with E-state index >= 15 is 0 Å². The Morgan fingerprint density at radius 1 is 1.26 bits per heavy atom. The van der Waals surface area contributed by atoms with Crippen molar-refractivity contribution in [2.24, 2.45) is 0 Å². The predicted molar refractivity (Wildman–Crippen MR) is 98.4 cm³/mol. The molecule has 0 aliphatic carbocycles. The first-order chi connectivity index (χ1) is 12.7. The number of hydrogen-bond acceptors (Lipinski definition) is 6. The molecule has 27 heavy (non-hydrogen) atoms.